The first kappa shape index (κ1) is 16.0. The highest BCUT2D eigenvalue weighted by atomic mass is 79.9. The van der Waals surface area contributed by atoms with Crippen LogP contribution in [0, 0.1) is 0 Å². The van der Waals surface area contributed by atoms with Crippen molar-refractivity contribution in [1.29, 1.82) is 0 Å². The molecule has 0 amide bonds. The van der Waals surface area contributed by atoms with Gasteiger partial charge in [0.1, 0.15) is 0 Å². The summed E-state index contributed by atoms with van der Waals surface area (Å²) in [6, 6.07) is 12.5. The van der Waals surface area contributed by atoms with Gasteiger partial charge in [-0.3, -0.25) is 4.52 Å². The van der Waals surface area contributed by atoms with Crippen molar-refractivity contribution < 1.29 is 9.63 Å². The van der Waals surface area contributed by atoms with Gasteiger partial charge in [0, 0.05) is 20.8 Å². The molecule has 0 bridgehead atoms. The van der Waals surface area contributed by atoms with Crippen molar-refractivity contribution >= 4 is 39.3 Å². The third-order valence-corrected chi connectivity index (χ3v) is 6.00. The number of halogens is 2. The van der Waals surface area contributed by atoms with Crippen LogP contribution in [0.15, 0.2) is 56.7 Å². The second-order valence-electron chi connectivity index (χ2n) is 5.30. The maximum atomic E-state index is 12.2. The van der Waals surface area contributed by atoms with Crippen molar-refractivity contribution in [2.75, 3.05) is 0 Å². The molecule has 3 aromatic rings. The maximum Gasteiger partial charge on any atom is 0.446 e. The molecule has 0 aliphatic carbocycles. The Labute approximate surface area is 154 Å². The number of fused-ring (bicyclic) bond motifs is 3. The van der Waals surface area contributed by atoms with Crippen molar-refractivity contribution in [2.24, 2.45) is 0 Å². The largest absolute Gasteiger partial charge is 0.446 e. The topological polar surface area (TPSA) is 68.3 Å². The van der Waals surface area contributed by atoms with Crippen LogP contribution < -0.4 is 5.76 Å². The number of alkyl halides is 1. The number of hydrogen-bond acceptors (Lipinski definition) is 5. The van der Waals surface area contributed by atoms with Gasteiger partial charge >= 0.3 is 5.76 Å². The van der Waals surface area contributed by atoms with Gasteiger partial charge in [0.15, 0.2) is 0 Å². The fourth-order valence-corrected chi connectivity index (χ4v) is 4.31. The molecule has 4 rings (SSSR count). The molecule has 2 heterocycles. The van der Waals surface area contributed by atoms with Crippen molar-refractivity contribution in [1.82, 2.24) is 9.72 Å². The molecule has 1 aliphatic heterocycles. The Morgan fingerprint density at radius 3 is 2.75 bits per heavy atom. The van der Waals surface area contributed by atoms with Crippen LogP contribution in [0.2, 0.25) is 5.02 Å². The van der Waals surface area contributed by atoms with Crippen LogP contribution in [0.25, 0.3) is 5.69 Å². The zero-order valence-corrected chi connectivity index (χ0v) is 15.2. The van der Waals surface area contributed by atoms with Crippen LogP contribution in [0.3, 0.4) is 0 Å². The van der Waals surface area contributed by atoms with E-state index in [1.165, 1.54) is 16.3 Å². The molecule has 1 aliphatic rings. The van der Waals surface area contributed by atoms with Gasteiger partial charge in [0.05, 0.1) is 5.69 Å². The quantitative estimate of drug-likeness (QED) is 0.635. The molecule has 2 aromatic carbocycles. The number of nitrogens with zero attached hydrogens (tertiary/aromatic N) is 2. The van der Waals surface area contributed by atoms with Gasteiger partial charge in [-0.2, -0.15) is 0 Å². The first-order valence-electron chi connectivity index (χ1n) is 6.99. The Morgan fingerprint density at radius 2 is 2.04 bits per heavy atom. The highest BCUT2D eigenvalue weighted by molar-refractivity contribution is 9.08. The van der Waals surface area contributed by atoms with Crippen molar-refractivity contribution in [3.8, 4) is 5.69 Å². The summed E-state index contributed by atoms with van der Waals surface area (Å²) in [7, 11) is 0. The Hall–Kier alpha value is -1.54. The minimum atomic E-state index is -1.54. The second kappa shape index (κ2) is 5.77. The molecule has 0 spiro atoms. The van der Waals surface area contributed by atoms with E-state index in [4.69, 9.17) is 16.1 Å². The van der Waals surface area contributed by atoms with Gasteiger partial charge < -0.3 is 5.11 Å². The number of rotatable bonds is 2. The Bertz CT molecular complexity index is 986. The lowest BCUT2D eigenvalue weighted by molar-refractivity contribution is 0.163. The fourth-order valence-electron chi connectivity index (χ4n) is 2.65. The van der Waals surface area contributed by atoms with Crippen molar-refractivity contribution in [3.05, 3.63) is 75.0 Å². The van der Waals surface area contributed by atoms with E-state index in [0.29, 0.717) is 21.6 Å². The molecule has 0 saturated carbocycles. The van der Waals surface area contributed by atoms with Gasteiger partial charge in [-0.1, -0.05) is 62.6 Å². The lowest BCUT2D eigenvalue weighted by Gasteiger charge is -2.31. The smallest absolute Gasteiger partial charge is 0.368 e. The maximum absolute atomic E-state index is 12.2. The summed E-state index contributed by atoms with van der Waals surface area (Å²) in [6.07, 6.45) is 0. The molecule has 122 valence electrons. The molecule has 0 radical (unpaired) electrons. The van der Waals surface area contributed by atoms with E-state index in [2.05, 4.69) is 21.1 Å². The van der Waals surface area contributed by atoms with E-state index >= 15 is 0 Å². The predicted molar refractivity (Wildman–Crippen MR) is 95.0 cm³/mol. The van der Waals surface area contributed by atoms with Gasteiger partial charge in [-0.15, -0.1) is 0 Å². The van der Waals surface area contributed by atoms with Crippen LogP contribution in [-0.4, -0.2) is 14.8 Å². The molecule has 1 unspecified atom stereocenters. The van der Waals surface area contributed by atoms with E-state index in [1.54, 1.807) is 24.3 Å². The summed E-state index contributed by atoms with van der Waals surface area (Å²) in [5.74, 6) is -0.496. The molecule has 5 nitrogen and oxygen atoms in total. The van der Waals surface area contributed by atoms with E-state index in [0.717, 1.165) is 10.5 Å². The highest BCUT2D eigenvalue weighted by Gasteiger charge is 2.44. The zero-order valence-electron chi connectivity index (χ0n) is 12.1. The lowest BCUT2D eigenvalue weighted by atomic mass is 10.1. The molecular weight excluding hydrogens is 416 g/mol. The lowest BCUT2D eigenvalue weighted by Crippen LogP contribution is -2.33. The zero-order chi connectivity index (χ0) is 16.9. The van der Waals surface area contributed by atoms with Crippen LogP contribution in [0.5, 0.6) is 0 Å². The summed E-state index contributed by atoms with van der Waals surface area (Å²) in [6.45, 7) is 0. The molecule has 8 heteroatoms. The van der Waals surface area contributed by atoms with Crippen molar-refractivity contribution in [2.45, 2.75) is 15.2 Å². The van der Waals surface area contributed by atoms with E-state index in [1.807, 2.05) is 18.2 Å². The molecule has 1 N–H and O–H groups in total. The summed E-state index contributed by atoms with van der Waals surface area (Å²) < 4.78 is 6.15. The third-order valence-electron chi connectivity index (χ3n) is 3.82. The normalized spacial score (nSPS) is 19.0. The molecule has 24 heavy (non-hydrogen) atoms. The van der Waals surface area contributed by atoms with Crippen LogP contribution >= 0.6 is 39.3 Å². The minimum Gasteiger partial charge on any atom is -0.368 e. The Balaban J connectivity index is 1.97. The van der Waals surface area contributed by atoms with Gasteiger partial charge in [0.25, 0.3) is 0 Å². The number of aliphatic hydroxyl groups is 1. The van der Waals surface area contributed by atoms with E-state index < -0.39 is 10.7 Å². The molecule has 0 saturated heterocycles. The minimum absolute atomic E-state index is 0.138. The van der Waals surface area contributed by atoms with Crippen LogP contribution in [0.1, 0.15) is 17.0 Å². The molecule has 1 aromatic heterocycles. The number of hydrogen-bond donors (Lipinski definition) is 1. The average molecular weight is 426 g/mol. The van der Waals surface area contributed by atoms with Gasteiger partial charge in [-0.25, -0.2) is 9.36 Å². The number of benzene rings is 2. The van der Waals surface area contributed by atoms with Crippen LogP contribution in [-0.2, 0) is 10.3 Å². The number of thioether (sulfide) groups is 1. The summed E-state index contributed by atoms with van der Waals surface area (Å²) >= 11 is 10.5. The first-order chi connectivity index (χ1) is 11.5. The van der Waals surface area contributed by atoms with Crippen molar-refractivity contribution in [3.63, 3.8) is 0 Å². The highest BCUT2D eigenvalue weighted by Crippen LogP contribution is 2.49. The second-order valence-corrected chi connectivity index (χ2v) is 7.53. The Kier molecular flexibility index (Phi) is 3.84. The van der Waals surface area contributed by atoms with E-state index in [-0.39, 0.29) is 5.82 Å². The van der Waals surface area contributed by atoms with Gasteiger partial charge in [0.2, 0.25) is 10.8 Å². The Morgan fingerprint density at radius 1 is 1.29 bits per heavy atom. The van der Waals surface area contributed by atoms with E-state index in [9.17, 15) is 9.90 Å². The standard InChI is InChI=1S/C16H10BrClN2O3S/c17-8-9-1-6-13-12(7-9)20-14(19-23-15(20)21)16(22,24-13)10-2-4-11(18)5-3-10/h1-7,22H,8H2. The van der Waals surface area contributed by atoms with Crippen LogP contribution in [0.4, 0.5) is 0 Å². The predicted octanol–water partition coefficient (Wildman–Crippen LogP) is 3.67. The first-order valence-corrected chi connectivity index (χ1v) is 9.30. The molecule has 1 atom stereocenters. The summed E-state index contributed by atoms with van der Waals surface area (Å²) in [4.78, 5) is 11.4. The summed E-state index contributed by atoms with van der Waals surface area (Å²) in [5.41, 5.74) is 2.22. The SMILES string of the molecule is O=c1onc2n1-c1cc(CBr)ccc1SC2(O)c1ccc(Cl)cc1. The fraction of sp³-hybridized carbons (Fsp3) is 0.125. The average Bonchev–Trinajstić information content (AvgIpc) is 2.98. The monoisotopic (exact) mass is 424 g/mol. The summed E-state index contributed by atoms with van der Waals surface area (Å²) in [5, 5.41) is 16.3. The number of aromatic nitrogens is 2. The van der Waals surface area contributed by atoms with Gasteiger partial charge in [-0.05, 0) is 29.8 Å². The molecular formula is C16H10BrClN2O3S. The third kappa shape index (κ3) is 2.35. The molecule has 0 fully saturated rings.